The minimum Gasteiger partial charge on any atom is -0.377 e. The van der Waals surface area contributed by atoms with E-state index in [1.165, 1.54) is 5.56 Å². The van der Waals surface area contributed by atoms with Gasteiger partial charge in [0.25, 0.3) is 0 Å². The van der Waals surface area contributed by atoms with E-state index in [2.05, 4.69) is 18.1 Å². The third kappa shape index (κ3) is 7.05. The molecule has 0 amide bonds. The fraction of sp³-hybridized carbons (Fsp3) is 0.619. The highest BCUT2D eigenvalue weighted by Crippen LogP contribution is 2.31. The number of hydrogen-bond acceptors (Lipinski definition) is 3. The second-order valence-corrected chi connectivity index (χ2v) is 6.89. The summed E-state index contributed by atoms with van der Waals surface area (Å²) in [5.74, 6) is 2.19. The zero-order valence-corrected chi connectivity index (χ0v) is 15.0. The predicted molar refractivity (Wildman–Crippen MR) is 96.5 cm³/mol. The van der Waals surface area contributed by atoms with Crippen LogP contribution < -0.4 is 0 Å². The van der Waals surface area contributed by atoms with Gasteiger partial charge < -0.3 is 14.2 Å². The van der Waals surface area contributed by atoms with Crippen molar-refractivity contribution in [2.45, 2.75) is 77.0 Å². The van der Waals surface area contributed by atoms with Crippen molar-refractivity contribution in [2.24, 2.45) is 0 Å². The van der Waals surface area contributed by atoms with Crippen LogP contribution >= 0.6 is 0 Å². The SMILES string of the molecule is C#CCCC[C@@H]1C[C@H](CCCOCc2ccccc2)OC(C)(C)O1. The molecule has 2 atom stereocenters. The van der Waals surface area contributed by atoms with Crippen LogP contribution in [0, 0.1) is 12.3 Å². The van der Waals surface area contributed by atoms with Crippen LogP contribution in [0.5, 0.6) is 0 Å². The predicted octanol–water partition coefficient (Wildman–Crippen LogP) is 4.70. The van der Waals surface area contributed by atoms with Crippen molar-refractivity contribution in [3.05, 3.63) is 35.9 Å². The van der Waals surface area contributed by atoms with E-state index in [-0.39, 0.29) is 12.2 Å². The fourth-order valence-corrected chi connectivity index (χ4v) is 3.18. The quantitative estimate of drug-likeness (QED) is 0.485. The zero-order chi connectivity index (χ0) is 17.3. The Bertz CT molecular complexity index is 504. The van der Waals surface area contributed by atoms with Gasteiger partial charge in [0.1, 0.15) is 0 Å². The number of rotatable bonds is 9. The molecule has 1 aromatic carbocycles. The van der Waals surface area contributed by atoms with Gasteiger partial charge in [-0.15, -0.1) is 12.3 Å². The van der Waals surface area contributed by atoms with Crippen LogP contribution in [0.25, 0.3) is 0 Å². The second kappa shape index (κ2) is 9.84. The average molecular weight is 330 g/mol. The van der Waals surface area contributed by atoms with Gasteiger partial charge in [0.05, 0.1) is 18.8 Å². The Morgan fingerprint density at radius 3 is 2.46 bits per heavy atom. The molecule has 1 aromatic rings. The minimum atomic E-state index is -0.505. The lowest BCUT2D eigenvalue weighted by Crippen LogP contribution is -2.44. The lowest BCUT2D eigenvalue weighted by Gasteiger charge is -2.41. The highest BCUT2D eigenvalue weighted by molar-refractivity contribution is 5.13. The summed E-state index contributed by atoms with van der Waals surface area (Å²) in [4.78, 5) is 0. The van der Waals surface area contributed by atoms with Crippen LogP contribution in [0.4, 0.5) is 0 Å². The summed E-state index contributed by atoms with van der Waals surface area (Å²) in [7, 11) is 0. The van der Waals surface area contributed by atoms with E-state index in [9.17, 15) is 0 Å². The number of ether oxygens (including phenoxy) is 3. The first-order valence-electron chi connectivity index (χ1n) is 9.00. The number of benzene rings is 1. The summed E-state index contributed by atoms with van der Waals surface area (Å²) in [6.07, 6.45) is 11.6. The Kier molecular flexibility index (Phi) is 7.78. The van der Waals surface area contributed by atoms with Crippen molar-refractivity contribution >= 4 is 0 Å². The molecule has 1 fully saturated rings. The smallest absolute Gasteiger partial charge is 0.163 e. The first kappa shape index (κ1) is 19.0. The first-order valence-corrected chi connectivity index (χ1v) is 9.00. The van der Waals surface area contributed by atoms with Gasteiger partial charge in [-0.05, 0) is 45.1 Å². The molecule has 3 heteroatoms. The molecule has 132 valence electrons. The van der Waals surface area contributed by atoms with Crippen LogP contribution in [0.1, 0.15) is 57.9 Å². The molecule has 2 rings (SSSR count). The minimum absolute atomic E-state index is 0.241. The van der Waals surface area contributed by atoms with Crippen molar-refractivity contribution < 1.29 is 14.2 Å². The third-order valence-electron chi connectivity index (χ3n) is 4.20. The summed E-state index contributed by atoms with van der Waals surface area (Å²) >= 11 is 0. The highest BCUT2D eigenvalue weighted by Gasteiger charge is 2.34. The first-order chi connectivity index (χ1) is 11.6. The molecule has 0 saturated carbocycles. The van der Waals surface area contributed by atoms with E-state index < -0.39 is 5.79 Å². The molecule has 1 saturated heterocycles. The molecule has 0 spiro atoms. The molecule has 0 unspecified atom stereocenters. The Hall–Kier alpha value is -1.34. The second-order valence-electron chi connectivity index (χ2n) is 6.89. The molecule has 0 aliphatic carbocycles. The van der Waals surface area contributed by atoms with E-state index in [1.54, 1.807) is 0 Å². The van der Waals surface area contributed by atoms with Gasteiger partial charge in [-0.3, -0.25) is 0 Å². The molecular formula is C21H30O3. The summed E-state index contributed by atoms with van der Waals surface area (Å²) < 4.78 is 17.8. The maximum absolute atomic E-state index is 6.06. The van der Waals surface area contributed by atoms with Crippen molar-refractivity contribution in [3.63, 3.8) is 0 Å². The van der Waals surface area contributed by atoms with E-state index in [0.29, 0.717) is 6.61 Å². The monoisotopic (exact) mass is 330 g/mol. The Balaban J connectivity index is 1.66. The lowest BCUT2D eigenvalue weighted by molar-refractivity contribution is -0.301. The number of hydrogen-bond donors (Lipinski definition) is 0. The largest absolute Gasteiger partial charge is 0.377 e. The van der Waals surface area contributed by atoms with Crippen LogP contribution in [-0.2, 0) is 20.8 Å². The van der Waals surface area contributed by atoms with Gasteiger partial charge in [0.15, 0.2) is 5.79 Å². The molecule has 1 aliphatic rings. The highest BCUT2D eigenvalue weighted by atomic mass is 16.7. The van der Waals surface area contributed by atoms with Crippen molar-refractivity contribution in [2.75, 3.05) is 6.61 Å². The van der Waals surface area contributed by atoms with Crippen molar-refractivity contribution in [1.29, 1.82) is 0 Å². The summed E-state index contributed by atoms with van der Waals surface area (Å²) in [6.45, 7) is 5.44. The summed E-state index contributed by atoms with van der Waals surface area (Å²) in [6, 6.07) is 10.3. The third-order valence-corrected chi connectivity index (χ3v) is 4.20. The lowest BCUT2D eigenvalue weighted by atomic mass is 10.00. The van der Waals surface area contributed by atoms with Gasteiger partial charge in [-0.2, -0.15) is 0 Å². The molecule has 0 radical (unpaired) electrons. The van der Waals surface area contributed by atoms with E-state index >= 15 is 0 Å². The molecule has 24 heavy (non-hydrogen) atoms. The van der Waals surface area contributed by atoms with Crippen LogP contribution in [0.15, 0.2) is 30.3 Å². The van der Waals surface area contributed by atoms with Gasteiger partial charge in [-0.1, -0.05) is 30.3 Å². The van der Waals surface area contributed by atoms with Gasteiger partial charge in [0, 0.05) is 19.4 Å². The Morgan fingerprint density at radius 2 is 1.79 bits per heavy atom. The van der Waals surface area contributed by atoms with Crippen LogP contribution in [-0.4, -0.2) is 24.6 Å². The average Bonchev–Trinajstić information content (AvgIpc) is 2.54. The van der Waals surface area contributed by atoms with Gasteiger partial charge in [-0.25, -0.2) is 0 Å². The topological polar surface area (TPSA) is 27.7 Å². The molecule has 0 bridgehead atoms. The number of terminal acetylenes is 1. The standard InChI is InChI=1S/C21H30O3/c1-4-5-7-13-19-16-20(24-21(2,3)23-19)14-10-15-22-17-18-11-8-6-9-12-18/h1,6,8-9,11-12,19-20H,5,7,10,13-17H2,2-3H3/t19-,20+/m1/s1. The molecule has 1 aliphatic heterocycles. The Morgan fingerprint density at radius 1 is 1.12 bits per heavy atom. The maximum atomic E-state index is 6.06. The van der Waals surface area contributed by atoms with Crippen molar-refractivity contribution in [1.82, 2.24) is 0 Å². The molecule has 3 nitrogen and oxygen atoms in total. The Labute approximate surface area is 146 Å². The molecular weight excluding hydrogens is 300 g/mol. The van der Waals surface area contributed by atoms with Crippen LogP contribution in [0.3, 0.4) is 0 Å². The van der Waals surface area contributed by atoms with Crippen molar-refractivity contribution in [3.8, 4) is 12.3 Å². The van der Waals surface area contributed by atoms with E-state index in [0.717, 1.165) is 45.1 Å². The normalized spacial score (nSPS) is 22.9. The summed E-state index contributed by atoms with van der Waals surface area (Å²) in [5, 5.41) is 0. The molecule has 0 N–H and O–H groups in total. The zero-order valence-electron chi connectivity index (χ0n) is 15.0. The van der Waals surface area contributed by atoms with Gasteiger partial charge in [0.2, 0.25) is 0 Å². The van der Waals surface area contributed by atoms with E-state index in [1.807, 2.05) is 32.0 Å². The van der Waals surface area contributed by atoms with Gasteiger partial charge >= 0.3 is 0 Å². The number of unbranched alkanes of at least 4 members (excludes halogenated alkanes) is 1. The summed E-state index contributed by atoms with van der Waals surface area (Å²) in [5.41, 5.74) is 1.22. The molecule has 1 heterocycles. The maximum Gasteiger partial charge on any atom is 0.163 e. The van der Waals surface area contributed by atoms with Crippen LogP contribution in [0.2, 0.25) is 0 Å². The van der Waals surface area contributed by atoms with E-state index in [4.69, 9.17) is 20.6 Å². The fourth-order valence-electron chi connectivity index (χ4n) is 3.18. The molecule has 0 aromatic heterocycles.